The van der Waals surface area contributed by atoms with Gasteiger partial charge in [0.05, 0.1) is 6.54 Å². The highest BCUT2D eigenvalue weighted by Crippen LogP contribution is 2.19. The number of hydrogen-bond donors (Lipinski definition) is 1. The molecule has 0 aromatic heterocycles. The normalized spacial score (nSPS) is 13.7. The molecule has 1 fully saturated rings. The smallest absolute Gasteiger partial charge is 0.414 e. The highest BCUT2D eigenvalue weighted by Gasteiger charge is 2.23. The maximum absolute atomic E-state index is 13.1. The second kappa shape index (κ2) is 7.29. The van der Waals surface area contributed by atoms with E-state index in [9.17, 15) is 18.4 Å². The Morgan fingerprint density at radius 3 is 2.40 bits per heavy atom. The number of nitrogens with zero attached hydrogens (tertiary/aromatic N) is 1. The van der Waals surface area contributed by atoms with E-state index < -0.39 is 17.7 Å². The van der Waals surface area contributed by atoms with Crippen LogP contribution < -0.4 is 10.2 Å². The first-order valence-corrected chi connectivity index (χ1v) is 7.80. The maximum Gasteiger partial charge on any atom is 0.414 e. The second-order valence-corrected chi connectivity index (χ2v) is 5.60. The van der Waals surface area contributed by atoms with E-state index in [0.29, 0.717) is 36.4 Å². The predicted octanol–water partition coefficient (Wildman–Crippen LogP) is 2.89. The van der Waals surface area contributed by atoms with Crippen LogP contribution >= 0.6 is 0 Å². The number of cyclic esters (lactones) is 1. The van der Waals surface area contributed by atoms with Crippen LogP contribution in [-0.2, 0) is 11.2 Å². The number of hydrogen-bond acceptors (Lipinski definition) is 3. The first-order valence-electron chi connectivity index (χ1n) is 7.80. The van der Waals surface area contributed by atoms with Crippen molar-refractivity contribution in [2.45, 2.75) is 6.42 Å². The number of nitrogens with one attached hydrogen (secondary N) is 1. The minimum absolute atomic E-state index is 0.252. The molecule has 0 unspecified atom stereocenters. The summed E-state index contributed by atoms with van der Waals surface area (Å²) in [5.41, 5.74) is 1.57. The van der Waals surface area contributed by atoms with E-state index in [2.05, 4.69) is 5.32 Å². The average molecular weight is 346 g/mol. The summed E-state index contributed by atoms with van der Waals surface area (Å²) in [6.45, 7) is 1.08. The van der Waals surface area contributed by atoms with Crippen LogP contribution in [0.2, 0.25) is 0 Å². The molecule has 1 heterocycles. The van der Waals surface area contributed by atoms with Crippen LogP contribution in [0.15, 0.2) is 42.5 Å². The number of rotatable bonds is 5. The van der Waals surface area contributed by atoms with Crippen molar-refractivity contribution in [3.05, 3.63) is 65.2 Å². The van der Waals surface area contributed by atoms with Gasteiger partial charge in [0.1, 0.15) is 18.2 Å². The maximum atomic E-state index is 13.1. The molecule has 0 saturated carbocycles. The predicted molar refractivity (Wildman–Crippen MR) is 87.5 cm³/mol. The highest BCUT2D eigenvalue weighted by atomic mass is 19.1. The summed E-state index contributed by atoms with van der Waals surface area (Å²) in [6, 6.07) is 9.83. The number of carbonyl (C=O) groups is 2. The molecule has 0 atom stereocenters. The van der Waals surface area contributed by atoms with Crippen molar-refractivity contribution in [3.8, 4) is 0 Å². The monoisotopic (exact) mass is 346 g/mol. The van der Waals surface area contributed by atoms with Crippen molar-refractivity contribution in [3.63, 3.8) is 0 Å². The molecular weight excluding hydrogens is 330 g/mol. The van der Waals surface area contributed by atoms with Gasteiger partial charge in [0.2, 0.25) is 0 Å². The molecule has 2 amide bonds. The number of halogens is 2. The van der Waals surface area contributed by atoms with E-state index in [0.717, 1.165) is 6.07 Å². The lowest BCUT2D eigenvalue weighted by Crippen LogP contribution is -2.26. The van der Waals surface area contributed by atoms with Gasteiger partial charge in [-0.1, -0.05) is 0 Å². The molecule has 1 saturated heterocycles. The first-order chi connectivity index (χ1) is 12.0. The second-order valence-electron chi connectivity index (χ2n) is 5.60. The van der Waals surface area contributed by atoms with E-state index >= 15 is 0 Å². The quantitative estimate of drug-likeness (QED) is 0.906. The van der Waals surface area contributed by atoms with E-state index in [1.165, 1.54) is 17.0 Å². The zero-order chi connectivity index (χ0) is 17.8. The molecule has 130 valence electrons. The van der Waals surface area contributed by atoms with Crippen LogP contribution in [0.4, 0.5) is 19.3 Å². The number of amides is 2. The topological polar surface area (TPSA) is 58.6 Å². The van der Waals surface area contributed by atoms with Gasteiger partial charge in [-0.2, -0.15) is 0 Å². The van der Waals surface area contributed by atoms with Crippen molar-refractivity contribution in [2.24, 2.45) is 0 Å². The van der Waals surface area contributed by atoms with Gasteiger partial charge in [-0.15, -0.1) is 0 Å². The number of ether oxygens (including phenoxy) is 1. The van der Waals surface area contributed by atoms with Crippen LogP contribution in [0.25, 0.3) is 0 Å². The Balaban J connectivity index is 1.55. The summed E-state index contributed by atoms with van der Waals surface area (Å²) in [4.78, 5) is 25.1. The molecule has 1 aliphatic heterocycles. The summed E-state index contributed by atoms with van der Waals surface area (Å²) in [6.07, 6.45) is -0.0856. The third-order valence-corrected chi connectivity index (χ3v) is 3.82. The van der Waals surface area contributed by atoms with Crippen molar-refractivity contribution in [1.82, 2.24) is 5.32 Å². The Morgan fingerprint density at radius 1 is 1.12 bits per heavy atom. The van der Waals surface area contributed by atoms with Crippen molar-refractivity contribution >= 4 is 17.7 Å². The van der Waals surface area contributed by atoms with E-state index in [4.69, 9.17) is 4.74 Å². The van der Waals surface area contributed by atoms with Crippen LogP contribution in [0, 0.1) is 11.6 Å². The number of anilines is 1. The third-order valence-electron chi connectivity index (χ3n) is 3.82. The van der Waals surface area contributed by atoms with Gasteiger partial charge in [-0.05, 0) is 48.4 Å². The van der Waals surface area contributed by atoms with E-state index in [1.807, 2.05) is 0 Å². The average Bonchev–Trinajstić information content (AvgIpc) is 3.00. The Hall–Kier alpha value is -2.96. The molecule has 25 heavy (non-hydrogen) atoms. The Labute approximate surface area is 143 Å². The molecule has 1 N–H and O–H groups in total. The fourth-order valence-electron chi connectivity index (χ4n) is 2.60. The lowest BCUT2D eigenvalue weighted by molar-refractivity contribution is 0.0954. The van der Waals surface area contributed by atoms with Gasteiger partial charge in [0.25, 0.3) is 5.91 Å². The molecule has 0 bridgehead atoms. The zero-order valence-corrected chi connectivity index (χ0v) is 13.3. The Bertz CT molecular complexity index is 773. The number of carbonyl (C=O) groups excluding carboxylic acids is 2. The standard InChI is InChI=1S/C18H16F2N2O3/c19-14-9-12(10-15(20)11-14)5-6-21-17(23)13-1-3-16(4-2-13)22-7-8-25-18(22)24/h1-4,9-11H,5-8H2,(H,21,23). The van der Waals surface area contributed by atoms with Gasteiger partial charge in [-0.3, -0.25) is 9.69 Å². The van der Waals surface area contributed by atoms with Crippen LogP contribution in [-0.4, -0.2) is 31.7 Å². The van der Waals surface area contributed by atoms with Crippen LogP contribution in [0.5, 0.6) is 0 Å². The summed E-state index contributed by atoms with van der Waals surface area (Å²) >= 11 is 0. The molecule has 5 nitrogen and oxygen atoms in total. The molecule has 3 rings (SSSR count). The van der Waals surface area contributed by atoms with Gasteiger partial charge >= 0.3 is 6.09 Å². The van der Waals surface area contributed by atoms with Crippen molar-refractivity contribution in [1.29, 1.82) is 0 Å². The van der Waals surface area contributed by atoms with Crippen molar-refractivity contribution in [2.75, 3.05) is 24.6 Å². The first kappa shape index (κ1) is 16.9. The summed E-state index contributed by atoms with van der Waals surface area (Å²) in [5, 5.41) is 2.70. The van der Waals surface area contributed by atoms with Crippen LogP contribution in [0.1, 0.15) is 15.9 Å². The molecule has 0 radical (unpaired) electrons. The van der Waals surface area contributed by atoms with E-state index in [-0.39, 0.29) is 12.5 Å². The van der Waals surface area contributed by atoms with Gasteiger partial charge in [0, 0.05) is 23.9 Å². The molecule has 7 heteroatoms. The molecule has 2 aromatic carbocycles. The summed E-state index contributed by atoms with van der Waals surface area (Å²) in [7, 11) is 0. The number of benzene rings is 2. The largest absolute Gasteiger partial charge is 0.447 e. The summed E-state index contributed by atoms with van der Waals surface area (Å²) in [5.74, 6) is -1.58. The molecular formula is C18H16F2N2O3. The fraction of sp³-hybridized carbons (Fsp3) is 0.222. The van der Waals surface area contributed by atoms with Crippen molar-refractivity contribution < 1.29 is 23.1 Å². The Kier molecular flexibility index (Phi) is 4.92. The molecule has 1 aliphatic rings. The molecule has 0 aliphatic carbocycles. The van der Waals surface area contributed by atoms with Gasteiger partial charge < -0.3 is 10.1 Å². The SMILES string of the molecule is O=C(NCCc1cc(F)cc(F)c1)c1ccc(N2CCOC2=O)cc1. The minimum atomic E-state index is -0.641. The lowest BCUT2D eigenvalue weighted by Gasteiger charge is -2.13. The zero-order valence-electron chi connectivity index (χ0n) is 13.3. The van der Waals surface area contributed by atoms with Crippen LogP contribution in [0.3, 0.4) is 0 Å². The molecule has 0 spiro atoms. The summed E-state index contributed by atoms with van der Waals surface area (Å²) < 4.78 is 31.1. The fourth-order valence-corrected chi connectivity index (χ4v) is 2.60. The minimum Gasteiger partial charge on any atom is -0.447 e. The lowest BCUT2D eigenvalue weighted by atomic mass is 10.1. The van der Waals surface area contributed by atoms with E-state index in [1.54, 1.807) is 24.3 Å². The van der Waals surface area contributed by atoms with Gasteiger partial charge in [0.15, 0.2) is 0 Å². The Morgan fingerprint density at radius 2 is 1.80 bits per heavy atom. The third kappa shape index (κ3) is 4.12. The highest BCUT2D eigenvalue weighted by molar-refractivity contribution is 5.95. The molecule has 2 aromatic rings. The van der Waals surface area contributed by atoms with Gasteiger partial charge in [-0.25, -0.2) is 13.6 Å².